The highest BCUT2D eigenvalue weighted by Crippen LogP contribution is 2.07. The van der Waals surface area contributed by atoms with Gasteiger partial charge in [-0.15, -0.1) is 0 Å². The van der Waals surface area contributed by atoms with Gasteiger partial charge in [0.2, 0.25) is 0 Å². The molecular weight excluding hydrogens is 198 g/mol. The van der Waals surface area contributed by atoms with Crippen molar-refractivity contribution in [1.82, 2.24) is 10.2 Å². The van der Waals surface area contributed by atoms with E-state index < -0.39 is 5.54 Å². The molecule has 1 unspecified atom stereocenters. The molecule has 0 saturated heterocycles. The van der Waals surface area contributed by atoms with Crippen LogP contribution in [-0.4, -0.2) is 36.6 Å². The first-order valence-electron chi connectivity index (χ1n) is 6.31. The number of likely N-dealkylation sites (N-methyl/N-ethyl adjacent to an activating group) is 1. The van der Waals surface area contributed by atoms with Gasteiger partial charge in [0, 0.05) is 12.6 Å². The summed E-state index contributed by atoms with van der Waals surface area (Å²) in [5, 5.41) is 12.5. The molecule has 0 aliphatic rings. The molecule has 0 aromatic carbocycles. The quantitative estimate of drug-likeness (QED) is 0.645. The summed E-state index contributed by atoms with van der Waals surface area (Å²) in [4.78, 5) is 2.24. The molecule has 1 N–H and O–H groups in total. The van der Waals surface area contributed by atoms with E-state index in [9.17, 15) is 5.26 Å². The Morgan fingerprint density at radius 3 is 2.44 bits per heavy atom. The molecule has 94 valence electrons. The number of nitrogens with one attached hydrogen (secondary N) is 1. The van der Waals surface area contributed by atoms with Gasteiger partial charge >= 0.3 is 0 Å². The number of rotatable bonds is 8. The fourth-order valence-corrected chi connectivity index (χ4v) is 2.00. The Balaban J connectivity index is 4.05. The largest absolute Gasteiger partial charge is 0.303 e. The number of nitrogens with zero attached hydrogens (tertiary/aromatic N) is 2. The number of unbranched alkanes of at least 4 members (excludes halogenated alkanes) is 2. The zero-order valence-electron chi connectivity index (χ0n) is 11.5. The lowest BCUT2D eigenvalue weighted by Gasteiger charge is -2.30. The molecule has 0 amide bonds. The molecule has 1 atom stereocenters. The Morgan fingerprint density at radius 1 is 1.38 bits per heavy atom. The van der Waals surface area contributed by atoms with E-state index in [1.807, 2.05) is 6.92 Å². The van der Waals surface area contributed by atoms with Gasteiger partial charge in [-0.05, 0) is 40.8 Å². The van der Waals surface area contributed by atoms with E-state index in [1.54, 1.807) is 0 Å². The molecule has 0 radical (unpaired) electrons. The first-order valence-corrected chi connectivity index (χ1v) is 6.31. The molecule has 0 bridgehead atoms. The second-order valence-corrected chi connectivity index (χ2v) is 5.19. The summed E-state index contributed by atoms with van der Waals surface area (Å²) in [7, 11) is 2.09. The zero-order valence-corrected chi connectivity index (χ0v) is 11.5. The molecule has 0 aliphatic heterocycles. The average molecular weight is 225 g/mol. The Kier molecular flexibility index (Phi) is 7.36. The molecular formula is C13H27N3. The Hall–Kier alpha value is -0.590. The van der Waals surface area contributed by atoms with Crippen LogP contribution in [0.3, 0.4) is 0 Å². The van der Waals surface area contributed by atoms with E-state index in [2.05, 4.69) is 44.1 Å². The minimum absolute atomic E-state index is 0.341. The second-order valence-electron chi connectivity index (χ2n) is 5.19. The van der Waals surface area contributed by atoms with E-state index in [0.29, 0.717) is 6.04 Å². The van der Waals surface area contributed by atoms with Crippen LogP contribution in [0.5, 0.6) is 0 Å². The Morgan fingerprint density at radius 2 is 2.00 bits per heavy atom. The highest BCUT2D eigenvalue weighted by Gasteiger charge is 2.25. The van der Waals surface area contributed by atoms with Crippen molar-refractivity contribution >= 4 is 0 Å². The fraction of sp³-hybridized carbons (Fsp3) is 0.923. The summed E-state index contributed by atoms with van der Waals surface area (Å²) < 4.78 is 0. The molecule has 0 aromatic rings. The van der Waals surface area contributed by atoms with Gasteiger partial charge in [-0.25, -0.2) is 0 Å². The molecule has 3 heteroatoms. The van der Waals surface area contributed by atoms with Gasteiger partial charge in [-0.1, -0.05) is 19.8 Å². The van der Waals surface area contributed by atoms with Gasteiger partial charge < -0.3 is 4.90 Å². The van der Waals surface area contributed by atoms with Gasteiger partial charge in [0.1, 0.15) is 5.54 Å². The van der Waals surface area contributed by atoms with Crippen LogP contribution in [0, 0.1) is 11.3 Å². The Bertz CT molecular complexity index is 220. The topological polar surface area (TPSA) is 39.1 Å². The third-order valence-electron chi connectivity index (χ3n) is 2.58. The number of hydrogen-bond donors (Lipinski definition) is 1. The van der Waals surface area contributed by atoms with E-state index in [1.165, 1.54) is 19.3 Å². The van der Waals surface area contributed by atoms with Gasteiger partial charge in [0.05, 0.1) is 6.07 Å². The molecule has 0 aliphatic carbocycles. The fourth-order valence-electron chi connectivity index (χ4n) is 2.00. The van der Waals surface area contributed by atoms with Crippen LogP contribution < -0.4 is 5.32 Å². The van der Waals surface area contributed by atoms with Crippen LogP contribution in [-0.2, 0) is 0 Å². The maximum atomic E-state index is 9.22. The summed E-state index contributed by atoms with van der Waals surface area (Å²) in [6.45, 7) is 10.2. The maximum Gasteiger partial charge on any atom is 0.116 e. The molecule has 16 heavy (non-hydrogen) atoms. The smallest absolute Gasteiger partial charge is 0.116 e. The van der Waals surface area contributed by atoms with Crippen LogP contribution in [0.1, 0.15) is 47.0 Å². The first kappa shape index (κ1) is 15.4. The summed E-state index contributed by atoms with van der Waals surface area (Å²) in [5.41, 5.74) is -0.435. The van der Waals surface area contributed by atoms with Crippen molar-refractivity contribution in [2.24, 2.45) is 0 Å². The van der Waals surface area contributed by atoms with Gasteiger partial charge in [-0.3, -0.25) is 5.32 Å². The van der Waals surface area contributed by atoms with Crippen molar-refractivity contribution < 1.29 is 0 Å². The van der Waals surface area contributed by atoms with E-state index in [4.69, 9.17) is 0 Å². The molecule has 0 rings (SSSR count). The molecule has 0 fully saturated rings. The van der Waals surface area contributed by atoms with Crippen LogP contribution in [0.4, 0.5) is 0 Å². The summed E-state index contributed by atoms with van der Waals surface area (Å²) in [5.74, 6) is 0. The highest BCUT2D eigenvalue weighted by atomic mass is 15.1. The standard InChI is InChI=1S/C13H27N3/c1-6-7-8-9-16(5)11-13(4,10-14)15-12(2)3/h12,15H,6-9,11H2,1-5H3. The van der Waals surface area contributed by atoms with Crippen LogP contribution in [0.25, 0.3) is 0 Å². The zero-order chi connectivity index (χ0) is 12.6. The maximum absolute atomic E-state index is 9.22. The van der Waals surface area contributed by atoms with Crippen molar-refractivity contribution in [3.8, 4) is 6.07 Å². The normalized spacial score (nSPS) is 15.1. The summed E-state index contributed by atoms with van der Waals surface area (Å²) >= 11 is 0. The number of nitriles is 1. The summed E-state index contributed by atoms with van der Waals surface area (Å²) in [6.07, 6.45) is 3.73. The average Bonchev–Trinajstić information content (AvgIpc) is 2.16. The van der Waals surface area contributed by atoms with Crippen LogP contribution in [0.2, 0.25) is 0 Å². The molecule has 0 aromatic heterocycles. The van der Waals surface area contributed by atoms with Crippen LogP contribution >= 0.6 is 0 Å². The van der Waals surface area contributed by atoms with Crippen molar-refractivity contribution in [2.75, 3.05) is 20.1 Å². The molecule has 0 spiro atoms. The highest BCUT2D eigenvalue weighted by molar-refractivity contribution is 5.06. The monoisotopic (exact) mass is 225 g/mol. The van der Waals surface area contributed by atoms with Gasteiger partial charge in [-0.2, -0.15) is 5.26 Å². The predicted molar refractivity (Wildman–Crippen MR) is 69.3 cm³/mol. The number of hydrogen-bond acceptors (Lipinski definition) is 3. The van der Waals surface area contributed by atoms with Crippen molar-refractivity contribution in [3.63, 3.8) is 0 Å². The van der Waals surface area contributed by atoms with E-state index in [0.717, 1.165) is 13.1 Å². The Labute approximate surface area is 101 Å². The van der Waals surface area contributed by atoms with Crippen molar-refractivity contribution in [1.29, 1.82) is 5.26 Å². The van der Waals surface area contributed by atoms with Crippen LogP contribution in [0.15, 0.2) is 0 Å². The molecule has 0 saturated carbocycles. The molecule has 0 heterocycles. The lowest BCUT2D eigenvalue weighted by atomic mass is 10.0. The minimum atomic E-state index is -0.435. The summed E-state index contributed by atoms with van der Waals surface area (Å²) in [6, 6.07) is 2.72. The second kappa shape index (κ2) is 7.65. The van der Waals surface area contributed by atoms with Gasteiger partial charge in [0.15, 0.2) is 0 Å². The first-order chi connectivity index (χ1) is 7.43. The van der Waals surface area contributed by atoms with Gasteiger partial charge in [0.25, 0.3) is 0 Å². The molecule has 3 nitrogen and oxygen atoms in total. The predicted octanol–water partition coefficient (Wildman–Crippen LogP) is 2.39. The SMILES string of the molecule is CCCCCN(C)CC(C)(C#N)NC(C)C. The van der Waals surface area contributed by atoms with E-state index in [-0.39, 0.29) is 0 Å². The lowest BCUT2D eigenvalue weighted by Crippen LogP contribution is -2.52. The third kappa shape index (κ3) is 6.81. The van der Waals surface area contributed by atoms with E-state index >= 15 is 0 Å². The van der Waals surface area contributed by atoms with Crippen molar-refractivity contribution in [3.05, 3.63) is 0 Å². The lowest BCUT2D eigenvalue weighted by molar-refractivity contribution is 0.247. The minimum Gasteiger partial charge on any atom is -0.303 e. The van der Waals surface area contributed by atoms with Crippen molar-refractivity contribution in [2.45, 2.75) is 58.5 Å². The third-order valence-corrected chi connectivity index (χ3v) is 2.58.